The average molecular weight is 333 g/mol. The van der Waals surface area contributed by atoms with Gasteiger partial charge in [0, 0.05) is 12.6 Å². The fourth-order valence-electron chi connectivity index (χ4n) is 2.44. The van der Waals surface area contributed by atoms with Crippen molar-refractivity contribution >= 4 is 0 Å². The molecule has 0 aliphatic heterocycles. The van der Waals surface area contributed by atoms with Crippen molar-refractivity contribution in [3.63, 3.8) is 0 Å². The topological polar surface area (TPSA) is 50.7 Å². The lowest BCUT2D eigenvalue weighted by Gasteiger charge is -2.19. The molecule has 0 saturated heterocycles. The third-order valence-corrected chi connectivity index (χ3v) is 3.86. The molecule has 0 aromatic heterocycles. The maximum absolute atomic E-state index is 12.9. The van der Waals surface area contributed by atoms with Crippen LogP contribution in [0.3, 0.4) is 0 Å². The van der Waals surface area contributed by atoms with Gasteiger partial charge in [-0.2, -0.15) is 0 Å². The lowest BCUT2D eigenvalue weighted by atomic mass is 10.1. The van der Waals surface area contributed by atoms with Crippen molar-refractivity contribution in [2.24, 2.45) is 0 Å². The molecule has 24 heavy (non-hydrogen) atoms. The Labute approximate surface area is 142 Å². The number of hydrogen-bond donors (Lipinski definition) is 2. The highest BCUT2D eigenvalue weighted by atomic mass is 19.1. The highest BCUT2D eigenvalue weighted by Gasteiger charge is 2.13. The third kappa shape index (κ3) is 4.69. The SMILES string of the molecule is CCOc1ccc(C(C)NCC(O)c2ccc(F)cc2)cc1OC. The summed E-state index contributed by atoms with van der Waals surface area (Å²) >= 11 is 0. The van der Waals surface area contributed by atoms with Gasteiger partial charge in [0.05, 0.1) is 19.8 Å². The van der Waals surface area contributed by atoms with E-state index in [0.717, 1.165) is 5.56 Å². The van der Waals surface area contributed by atoms with Crippen molar-refractivity contribution in [1.29, 1.82) is 0 Å². The number of aliphatic hydroxyl groups is 1. The predicted molar refractivity (Wildman–Crippen MR) is 91.9 cm³/mol. The molecule has 0 heterocycles. The van der Waals surface area contributed by atoms with Crippen molar-refractivity contribution in [2.45, 2.75) is 26.0 Å². The minimum Gasteiger partial charge on any atom is -0.493 e. The molecule has 130 valence electrons. The van der Waals surface area contributed by atoms with E-state index in [1.54, 1.807) is 19.2 Å². The minimum absolute atomic E-state index is 0.0182. The van der Waals surface area contributed by atoms with Crippen LogP contribution in [0, 0.1) is 5.82 Å². The van der Waals surface area contributed by atoms with Gasteiger partial charge in [0.25, 0.3) is 0 Å². The molecule has 0 aliphatic rings. The molecule has 0 bridgehead atoms. The van der Waals surface area contributed by atoms with E-state index >= 15 is 0 Å². The van der Waals surface area contributed by atoms with Crippen LogP contribution in [0.1, 0.15) is 37.1 Å². The van der Waals surface area contributed by atoms with Crippen LogP contribution in [0.2, 0.25) is 0 Å². The first-order valence-electron chi connectivity index (χ1n) is 8.02. The first-order chi connectivity index (χ1) is 11.5. The summed E-state index contributed by atoms with van der Waals surface area (Å²) in [5.41, 5.74) is 1.71. The van der Waals surface area contributed by atoms with Gasteiger partial charge in [0.2, 0.25) is 0 Å². The summed E-state index contributed by atoms with van der Waals surface area (Å²) in [4.78, 5) is 0. The molecule has 2 N–H and O–H groups in total. The van der Waals surface area contributed by atoms with Crippen LogP contribution in [0.25, 0.3) is 0 Å². The van der Waals surface area contributed by atoms with Crippen LogP contribution in [0.4, 0.5) is 4.39 Å². The van der Waals surface area contributed by atoms with Gasteiger partial charge in [-0.25, -0.2) is 4.39 Å². The highest BCUT2D eigenvalue weighted by Crippen LogP contribution is 2.30. The van der Waals surface area contributed by atoms with Crippen molar-refractivity contribution in [3.8, 4) is 11.5 Å². The van der Waals surface area contributed by atoms with Gasteiger partial charge in [-0.15, -0.1) is 0 Å². The van der Waals surface area contributed by atoms with E-state index in [1.165, 1.54) is 12.1 Å². The normalized spacial score (nSPS) is 13.4. The molecule has 2 atom stereocenters. The van der Waals surface area contributed by atoms with Crippen molar-refractivity contribution < 1.29 is 19.0 Å². The van der Waals surface area contributed by atoms with Crippen molar-refractivity contribution in [3.05, 3.63) is 59.4 Å². The number of ether oxygens (including phenoxy) is 2. The summed E-state index contributed by atoms with van der Waals surface area (Å²) in [5.74, 6) is 1.08. The second-order valence-corrected chi connectivity index (χ2v) is 5.54. The summed E-state index contributed by atoms with van der Waals surface area (Å²) < 4.78 is 23.8. The monoisotopic (exact) mass is 333 g/mol. The van der Waals surface area contributed by atoms with Crippen LogP contribution in [-0.2, 0) is 0 Å². The molecule has 0 fully saturated rings. The van der Waals surface area contributed by atoms with Crippen molar-refractivity contribution in [2.75, 3.05) is 20.3 Å². The van der Waals surface area contributed by atoms with Crippen molar-refractivity contribution in [1.82, 2.24) is 5.32 Å². The molecule has 0 aliphatic carbocycles. The molecule has 2 unspecified atom stereocenters. The molecule has 4 nitrogen and oxygen atoms in total. The summed E-state index contributed by atoms with van der Waals surface area (Å²) in [6.45, 7) is 4.87. The molecule has 2 rings (SSSR count). The zero-order valence-electron chi connectivity index (χ0n) is 14.3. The van der Waals surface area contributed by atoms with E-state index in [2.05, 4.69) is 5.32 Å². The maximum Gasteiger partial charge on any atom is 0.161 e. The first-order valence-corrected chi connectivity index (χ1v) is 8.02. The molecule has 0 saturated carbocycles. The molecule has 2 aromatic rings. The van der Waals surface area contributed by atoms with Crippen LogP contribution in [0.5, 0.6) is 11.5 Å². The predicted octanol–water partition coefficient (Wildman–Crippen LogP) is 3.62. The van der Waals surface area contributed by atoms with E-state index in [1.807, 2.05) is 32.0 Å². The highest BCUT2D eigenvalue weighted by molar-refractivity contribution is 5.43. The average Bonchev–Trinajstić information content (AvgIpc) is 2.60. The number of aliphatic hydroxyl groups excluding tert-OH is 1. The molecule has 0 spiro atoms. The number of hydrogen-bond acceptors (Lipinski definition) is 4. The molecule has 0 amide bonds. The summed E-state index contributed by atoms with van der Waals surface area (Å²) in [6.07, 6.45) is -0.697. The van der Waals surface area contributed by atoms with Gasteiger partial charge in [0.1, 0.15) is 5.82 Å². The Bertz CT molecular complexity index is 646. The van der Waals surface area contributed by atoms with Gasteiger partial charge in [-0.3, -0.25) is 0 Å². The van der Waals surface area contributed by atoms with E-state index in [9.17, 15) is 9.50 Å². The van der Waals surface area contributed by atoms with E-state index in [4.69, 9.17) is 9.47 Å². The fourth-order valence-corrected chi connectivity index (χ4v) is 2.44. The quantitative estimate of drug-likeness (QED) is 0.775. The lowest BCUT2D eigenvalue weighted by Crippen LogP contribution is -2.24. The number of halogens is 1. The van der Waals surface area contributed by atoms with Crippen LogP contribution in [-0.4, -0.2) is 25.4 Å². The second kappa shape index (κ2) is 8.66. The van der Waals surface area contributed by atoms with Gasteiger partial charge in [-0.1, -0.05) is 18.2 Å². The Morgan fingerprint density at radius 1 is 1.08 bits per heavy atom. The van der Waals surface area contributed by atoms with Gasteiger partial charge in [-0.05, 0) is 49.2 Å². The fraction of sp³-hybridized carbons (Fsp3) is 0.368. The van der Waals surface area contributed by atoms with Gasteiger partial charge < -0.3 is 19.9 Å². The van der Waals surface area contributed by atoms with Gasteiger partial charge in [0.15, 0.2) is 11.5 Å². The Morgan fingerprint density at radius 3 is 2.38 bits per heavy atom. The molecular weight excluding hydrogens is 309 g/mol. The molecular formula is C19H24FNO3. The maximum atomic E-state index is 12.9. The number of benzene rings is 2. The Kier molecular flexibility index (Phi) is 6.58. The Hall–Kier alpha value is -2.11. The first kappa shape index (κ1) is 18.2. The summed E-state index contributed by atoms with van der Waals surface area (Å²) in [7, 11) is 1.61. The largest absolute Gasteiger partial charge is 0.493 e. The standard InChI is InChI=1S/C19H24FNO3/c1-4-24-18-10-7-15(11-19(18)23-3)13(2)21-12-17(22)14-5-8-16(20)9-6-14/h5-11,13,17,21-22H,4,12H2,1-3H3. The Morgan fingerprint density at radius 2 is 1.75 bits per heavy atom. The zero-order chi connectivity index (χ0) is 17.5. The third-order valence-electron chi connectivity index (χ3n) is 3.86. The van der Waals surface area contributed by atoms with Crippen LogP contribution in [0.15, 0.2) is 42.5 Å². The van der Waals surface area contributed by atoms with Crippen LogP contribution < -0.4 is 14.8 Å². The minimum atomic E-state index is -0.697. The second-order valence-electron chi connectivity index (χ2n) is 5.54. The van der Waals surface area contributed by atoms with E-state index in [-0.39, 0.29) is 11.9 Å². The molecule has 5 heteroatoms. The number of nitrogens with one attached hydrogen (secondary N) is 1. The van der Waals surface area contributed by atoms with E-state index < -0.39 is 6.10 Å². The van der Waals surface area contributed by atoms with Gasteiger partial charge >= 0.3 is 0 Å². The van der Waals surface area contributed by atoms with E-state index in [0.29, 0.717) is 30.2 Å². The molecule has 2 aromatic carbocycles. The summed E-state index contributed by atoms with van der Waals surface area (Å²) in [6, 6.07) is 11.7. The van der Waals surface area contributed by atoms with Crippen LogP contribution >= 0.6 is 0 Å². The number of methoxy groups -OCH3 is 1. The Balaban J connectivity index is 1.98. The summed E-state index contributed by atoms with van der Waals surface area (Å²) in [5, 5.41) is 13.5. The zero-order valence-corrected chi connectivity index (χ0v) is 14.3. The molecule has 0 radical (unpaired) electrons. The lowest BCUT2D eigenvalue weighted by molar-refractivity contribution is 0.170. The number of rotatable bonds is 8. The smallest absolute Gasteiger partial charge is 0.161 e.